The van der Waals surface area contributed by atoms with Crippen molar-refractivity contribution in [3.63, 3.8) is 0 Å². The normalized spacial score (nSPS) is 18.2. The van der Waals surface area contributed by atoms with Crippen molar-refractivity contribution < 1.29 is 9.53 Å². The number of hydrogen-bond donors (Lipinski definition) is 1. The van der Waals surface area contributed by atoms with Crippen LogP contribution in [0.15, 0.2) is 36.4 Å². The standard InChI is InChI=1S/C20H27N3O2/c1-20(2,3)25-19(24)23-13-7-6-9-16(23)14-21-18-12-11-15-8-4-5-10-17(15)22-18/h4-5,8,10-12,16H,6-7,9,13-14H2,1-3H3,(H,21,22). The lowest BCUT2D eigenvalue weighted by Gasteiger charge is -2.36. The molecule has 0 radical (unpaired) electrons. The van der Waals surface area contributed by atoms with Crippen LogP contribution in [0.25, 0.3) is 10.9 Å². The molecule has 1 amide bonds. The van der Waals surface area contributed by atoms with Gasteiger partial charge >= 0.3 is 6.09 Å². The van der Waals surface area contributed by atoms with Gasteiger partial charge in [0.05, 0.1) is 11.6 Å². The van der Waals surface area contributed by atoms with E-state index in [0.29, 0.717) is 6.54 Å². The number of likely N-dealkylation sites (tertiary alicyclic amines) is 1. The lowest BCUT2D eigenvalue weighted by molar-refractivity contribution is 0.0114. The predicted molar refractivity (Wildman–Crippen MR) is 101 cm³/mol. The first kappa shape index (κ1) is 17.5. The molecule has 1 aromatic carbocycles. The van der Waals surface area contributed by atoms with Crippen LogP contribution in [0.5, 0.6) is 0 Å². The van der Waals surface area contributed by atoms with E-state index in [1.165, 1.54) is 0 Å². The average Bonchev–Trinajstić information content (AvgIpc) is 2.58. The molecule has 0 spiro atoms. The molecule has 25 heavy (non-hydrogen) atoms. The first-order valence-corrected chi connectivity index (χ1v) is 9.02. The Bertz CT molecular complexity index is 739. The van der Waals surface area contributed by atoms with Crippen LogP contribution in [0.3, 0.4) is 0 Å². The van der Waals surface area contributed by atoms with Gasteiger partial charge in [0.2, 0.25) is 0 Å². The number of carbonyl (C=O) groups is 1. The molecule has 2 heterocycles. The highest BCUT2D eigenvalue weighted by Crippen LogP contribution is 2.21. The smallest absolute Gasteiger partial charge is 0.410 e. The number of hydrogen-bond acceptors (Lipinski definition) is 4. The van der Waals surface area contributed by atoms with Gasteiger partial charge < -0.3 is 15.0 Å². The molecule has 1 fully saturated rings. The van der Waals surface area contributed by atoms with Crippen molar-refractivity contribution in [3.8, 4) is 0 Å². The summed E-state index contributed by atoms with van der Waals surface area (Å²) >= 11 is 0. The molecule has 134 valence electrons. The Labute approximate surface area is 149 Å². The summed E-state index contributed by atoms with van der Waals surface area (Å²) in [7, 11) is 0. The van der Waals surface area contributed by atoms with E-state index in [2.05, 4.69) is 22.4 Å². The van der Waals surface area contributed by atoms with E-state index < -0.39 is 5.60 Å². The van der Waals surface area contributed by atoms with Crippen molar-refractivity contribution in [2.24, 2.45) is 0 Å². The highest BCUT2D eigenvalue weighted by molar-refractivity contribution is 5.80. The maximum atomic E-state index is 12.5. The van der Waals surface area contributed by atoms with Crippen LogP contribution in [0.2, 0.25) is 0 Å². The molecule has 0 saturated carbocycles. The van der Waals surface area contributed by atoms with Gasteiger partial charge in [-0.25, -0.2) is 9.78 Å². The minimum Gasteiger partial charge on any atom is -0.444 e. The van der Waals surface area contributed by atoms with E-state index in [9.17, 15) is 4.79 Å². The number of fused-ring (bicyclic) bond motifs is 1. The minimum absolute atomic E-state index is 0.136. The monoisotopic (exact) mass is 341 g/mol. The molecule has 2 aromatic rings. The van der Waals surface area contributed by atoms with E-state index in [1.807, 2.05) is 49.9 Å². The van der Waals surface area contributed by atoms with Gasteiger partial charge in [0, 0.05) is 18.5 Å². The number of anilines is 1. The summed E-state index contributed by atoms with van der Waals surface area (Å²) < 4.78 is 5.56. The number of amides is 1. The highest BCUT2D eigenvalue weighted by atomic mass is 16.6. The Morgan fingerprint density at radius 3 is 2.84 bits per heavy atom. The molecule has 3 rings (SSSR count). The lowest BCUT2D eigenvalue weighted by atomic mass is 10.0. The number of carbonyl (C=O) groups excluding carboxylic acids is 1. The van der Waals surface area contributed by atoms with Crippen LogP contribution in [-0.4, -0.2) is 40.7 Å². The number of ether oxygens (including phenoxy) is 1. The Morgan fingerprint density at radius 2 is 2.04 bits per heavy atom. The zero-order valence-electron chi connectivity index (χ0n) is 15.3. The highest BCUT2D eigenvalue weighted by Gasteiger charge is 2.30. The molecular formula is C20H27N3O2. The van der Waals surface area contributed by atoms with Crippen LogP contribution >= 0.6 is 0 Å². The Hall–Kier alpha value is -2.30. The molecule has 0 aliphatic carbocycles. The van der Waals surface area contributed by atoms with Crippen LogP contribution in [0.4, 0.5) is 10.6 Å². The second-order valence-corrected chi connectivity index (χ2v) is 7.59. The first-order valence-electron chi connectivity index (χ1n) is 9.02. The van der Waals surface area contributed by atoms with Gasteiger partial charge in [0.25, 0.3) is 0 Å². The molecule has 1 aliphatic rings. The SMILES string of the molecule is CC(C)(C)OC(=O)N1CCCCC1CNc1ccc2ccccc2n1. The molecular weight excluding hydrogens is 314 g/mol. The van der Waals surface area contributed by atoms with Crippen LogP contribution in [-0.2, 0) is 4.74 Å². The number of piperidine rings is 1. The number of para-hydroxylation sites is 1. The fraction of sp³-hybridized carbons (Fsp3) is 0.500. The van der Waals surface area contributed by atoms with Crippen molar-refractivity contribution >= 4 is 22.8 Å². The summed E-state index contributed by atoms with van der Waals surface area (Å²) in [6, 6.07) is 12.3. The van der Waals surface area contributed by atoms with Gasteiger partial charge in [0.1, 0.15) is 11.4 Å². The zero-order valence-corrected chi connectivity index (χ0v) is 15.3. The number of aromatic nitrogens is 1. The van der Waals surface area contributed by atoms with Crippen molar-refractivity contribution in [2.75, 3.05) is 18.4 Å². The molecule has 0 bridgehead atoms. The molecule has 1 saturated heterocycles. The predicted octanol–water partition coefficient (Wildman–Crippen LogP) is 4.44. The Kier molecular flexibility index (Phi) is 5.11. The molecule has 5 heteroatoms. The van der Waals surface area contributed by atoms with E-state index in [1.54, 1.807) is 0 Å². The number of nitrogens with zero attached hydrogens (tertiary/aromatic N) is 2. The Balaban J connectivity index is 1.65. The average molecular weight is 341 g/mol. The largest absolute Gasteiger partial charge is 0.444 e. The summed E-state index contributed by atoms with van der Waals surface area (Å²) in [5, 5.41) is 4.52. The van der Waals surface area contributed by atoms with Crippen molar-refractivity contribution in [1.29, 1.82) is 0 Å². The van der Waals surface area contributed by atoms with Gasteiger partial charge in [-0.15, -0.1) is 0 Å². The van der Waals surface area contributed by atoms with E-state index in [4.69, 9.17) is 4.74 Å². The number of pyridine rings is 1. The van der Waals surface area contributed by atoms with E-state index in [0.717, 1.165) is 42.5 Å². The van der Waals surface area contributed by atoms with E-state index >= 15 is 0 Å². The lowest BCUT2D eigenvalue weighted by Crippen LogP contribution is -2.48. The maximum absolute atomic E-state index is 12.5. The summed E-state index contributed by atoms with van der Waals surface area (Å²) in [4.78, 5) is 19.0. The third kappa shape index (κ3) is 4.62. The number of rotatable bonds is 3. The topological polar surface area (TPSA) is 54.5 Å². The van der Waals surface area contributed by atoms with Crippen LogP contribution in [0, 0.1) is 0 Å². The van der Waals surface area contributed by atoms with Crippen molar-refractivity contribution in [1.82, 2.24) is 9.88 Å². The third-order valence-corrected chi connectivity index (χ3v) is 4.37. The number of nitrogens with one attached hydrogen (secondary N) is 1. The molecule has 1 unspecified atom stereocenters. The number of benzene rings is 1. The van der Waals surface area contributed by atoms with Crippen LogP contribution in [0.1, 0.15) is 40.0 Å². The maximum Gasteiger partial charge on any atom is 0.410 e. The molecule has 5 nitrogen and oxygen atoms in total. The Morgan fingerprint density at radius 1 is 1.24 bits per heavy atom. The second-order valence-electron chi connectivity index (χ2n) is 7.59. The van der Waals surface area contributed by atoms with Gasteiger partial charge in [-0.2, -0.15) is 0 Å². The fourth-order valence-electron chi connectivity index (χ4n) is 3.16. The van der Waals surface area contributed by atoms with Crippen molar-refractivity contribution in [3.05, 3.63) is 36.4 Å². The minimum atomic E-state index is -0.466. The summed E-state index contributed by atoms with van der Waals surface area (Å²) in [6.45, 7) is 7.15. The van der Waals surface area contributed by atoms with Gasteiger partial charge in [-0.05, 0) is 58.2 Å². The van der Waals surface area contributed by atoms with Crippen LogP contribution < -0.4 is 5.32 Å². The molecule has 1 aliphatic heterocycles. The zero-order chi connectivity index (χ0) is 17.9. The fourth-order valence-corrected chi connectivity index (χ4v) is 3.16. The van der Waals surface area contributed by atoms with Crippen molar-refractivity contribution in [2.45, 2.75) is 51.7 Å². The second kappa shape index (κ2) is 7.30. The van der Waals surface area contributed by atoms with Gasteiger partial charge in [-0.3, -0.25) is 0 Å². The first-order chi connectivity index (χ1) is 11.9. The molecule has 1 aromatic heterocycles. The van der Waals surface area contributed by atoms with Gasteiger partial charge in [-0.1, -0.05) is 18.2 Å². The summed E-state index contributed by atoms with van der Waals surface area (Å²) in [5.74, 6) is 0.841. The molecule has 1 N–H and O–H groups in total. The summed E-state index contributed by atoms with van der Waals surface area (Å²) in [6.07, 6.45) is 2.94. The summed E-state index contributed by atoms with van der Waals surface area (Å²) in [5.41, 5.74) is 0.506. The molecule has 1 atom stereocenters. The third-order valence-electron chi connectivity index (χ3n) is 4.37. The van der Waals surface area contributed by atoms with Gasteiger partial charge in [0.15, 0.2) is 0 Å². The van der Waals surface area contributed by atoms with E-state index in [-0.39, 0.29) is 12.1 Å². The quantitative estimate of drug-likeness (QED) is 0.897.